The molecule has 0 spiro atoms. The summed E-state index contributed by atoms with van der Waals surface area (Å²) in [5, 5.41) is 0.266. The summed E-state index contributed by atoms with van der Waals surface area (Å²) in [6, 6.07) is 0. The van der Waals surface area contributed by atoms with Crippen LogP contribution >= 0.6 is 0 Å². The van der Waals surface area contributed by atoms with Crippen molar-refractivity contribution in [3.63, 3.8) is 0 Å². The van der Waals surface area contributed by atoms with Gasteiger partial charge in [-0.3, -0.25) is 0 Å². The maximum absolute atomic E-state index is 6.21. The van der Waals surface area contributed by atoms with Crippen LogP contribution in [-0.2, 0) is 4.43 Å². The fraction of sp³-hybridized carbons (Fsp3) is 0.750. The monoisotopic (exact) mass is 266 g/mol. The summed E-state index contributed by atoms with van der Waals surface area (Å²) in [4.78, 5) is 0. The Balaban J connectivity index is 4.21. The molecule has 0 bridgehead atoms. The van der Waals surface area contributed by atoms with Crippen LogP contribution in [0.5, 0.6) is 0 Å². The highest BCUT2D eigenvalue weighted by molar-refractivity contribution is 6.74. The molecule has 0 aromatic carbocycles. The summed E-state index contributed by atoms with van der Waals surface area (Å²) in [6.45, 7) is 15.6. The fourth-order valence-corrected chi connectivity index (χ4v) is 2.62. The largest absolute Gasteiger partial charge is 0.411 e. The van der Waals surface area contributed by atoms with Crippen LogP contribution in [0.1, 0.15) is 53.9 Å². The van der Waals surface area contributed by atoms with Crippen molar-refractivity contribution in [1.82, 2.24) is 0 Å². The zero-order valence-electron chi connectivity index (χ0n) is 13.3. The summed E-state index contributed by atoms with van der Waals surface area (Å²) in [5.74, 6) is 6.23. The maximum atomic E-state index is 6.21. The van der Waals surface area contributed by atoms with Gasteiger partial charge in [-0.15, -0.1) is 0 Å². The van der Waals surface area contributed by atoms with E-state index in [1.165, 1.54) is 12.8 Å². The van der Waals surface area contributed by atoms with Crippen molar-refractivity contribution in [2.45, 2.75) is 78.1 Å². The van der Waals surface area contributed by atoms with Crippen LogP contribution in [0.4, 0.5) is 0 Å². The Hall–Kier alpha value is -0.523. The third kappa shape index (κ3) is 7.03. The normalized spacial score (nSPS) is 14.4. The molecule has 0 fully saturated rings. The molecule has 18 heavy (non-hydrogen) atoms. The van der Waals surface area contributed by atoms with E-state index in [1.54, 1.807) is 0 Å². The second kappa shape index (κ2) is 7.81. The quantitative estimate of drug-likeness (QED) is 0.380. The molecular formula is C16H30OSi. The summed E-state index contributed by atoms with van der Waals surface area (Å²) < 4.78 is 6.21. The lowest BCUT2D eigenvalue weighted by Crippen LogP contribution is -2.42. The van der Waals surface area contributed by atoms with E-state index >= 15 is 0 Å². The van der Waals surface area contributed by atoms with Crippen LogP contribution < -0.4 is 0 Å². The Morgan fingerprint density at radius 1 is 1.28 bits per heavy atom. The van der Waals surface area contributed by atoms with Crippen LogP contribution in [0, 0.1) is 11.8 Å². The molecule has 1 unspecified atom stereocenters. The van der Waals surface area contributed by atoms with Gasteiger partial charge < -0.3 is 4.43 Å². The zero-order valence-corrected chi connectivity index (χ0v) is 14.3. The average Bonchev–Trinajstić information content (AvgIpc) is 2.20. The van der Waals surface area contributed by atoms with Crippen LogP contribution in [0.2, 0.25) is 18.1 Å². The lowest BCUT2D eigenvalue weighted by Gasteiger charge is -2.37. The highest BCUT2D eigenvalue weighted by Gasteiger charge is 2.37. The van der Waals surface area contributed by atoms with E-state index in [2.05, 4.69) is 65.6 Å². The second-order valence-corrected chi connectivity index (χ2v) is 11.1. The molecule has 0 aromatic rings. The number of unbranched alkanes of at least 4 members (excludes halogenated alkanes) is 2. The molecule has 0 aromatic heterocycles. The van der Waals surface area contributed by atoms with E-state index < -0.39 is 8.32 Å². The first-order valence-corrected chi connectivity index (χ1v) is 9.94. The zero-order chi connectivity index (χ0) is 14.2. The predicted octanol–water partition coefficient (Wildman–Crippen LogP) is 5.15. The highest BCUT2D eigenvalue weighted by Crippen LogP contribution is 2.37. The van der Waals surface area contributed by atoms with E-state index in [0.29, 0.717) is 0 Å². The molecule has 0 saturated heterocycles. The molecule has 2 heteroatoms. The predicted molar refractivity (Wildman–Crippen MR) is 84.2 cm³/mol. The van der Waals surface area contributed by atoms with Gasteiger partial charge in [-0.05, 0) is 43.6 Å². The van der Waals surface area contributed by atoms with E-state index in [4.69, 9.17) is 4.43 Å². The topological polar surface area (TPSA) is 9.23 Å². The van der Waals surface area contributed by atoms with Gasteiger partial charge in [0.1, 0.15) is 0 Å². The third-order valence-corrected chi connectivity index (χ3v) is 8.07. The van der Waals surface area contributed by atoms with Crippen molar-refractivity contribution in [2.75, 3.05) is 0 Å². The molecule has 1 nitrogen and oxygen atoms in total. The number of rotatable bonds is 5. The maximum Gasteiger partial charge on any atom is 0.192 e. The Morgan fingerprint density at radius 2 is 1.89 bits per heavy atom. The Kier molecular flexibility index (Phi) is 7.59. The first kappa shape index (κ1) is 17.5. The summed E-state index contributed by atoms with van der Waals surface area (Å²) in [5.41, 5.74) is 0. The second-order valence-electron chi connectivity index (χ2n) is 6.37. The van der Waals surface area contributed by atoms with Crippen molar-refractivity contribution < 1.29 is 4.43 Å². The van der Waals surface area contributed by atoms with E-state index in [1.807, 2.05) is 6.08 Å². The minimum atomic E-state index is -1.65. The van der Waals surface area contributed by atoms with Crippen molar-refractivity contribution in [3.05, 3.63) is 12.2 Å². The lowest BCUT2D eigenvalue weighted by molar-refractivity contribution is 0.243. The van der Waals surface area contributed by atoms with E-state index in [9.17, 15) is 0 Å². The summed E-state index contributed by atoms with van der Waals surface area (Å²) in [7, 11) is -1.65. The molecule has 0 saturated carbocycles. The van der Waals surface area contributed by atoms with Gasteiger partial charge in [-0.1, -0.05) is 46.0 Å². The average molecular weight is 267 g/mol. The third-order valence-electron chi connectivity index (χ3n) is 3.49. The Bertz CT molecular complexity index is 312. The number of hydrogen-bond acceptors (Lipinski definition) is 1. The molecular weight excluding hydrogens is 236 g/mol. The molecule has 0 rings (SSSR count). The Labute approximate surface area is 115 Å². The number of hydrogen-bond donors (Lipinski definition) is 0. The van der Waals surface area contributed by atoms with E-state index in [0.717, 1.165) is 6.42 Å². The lowest BCUT2D eigenvalue weighted by atomic mass is 10.2. The SMILES string of the molecule is CCCCC#C/C=C\C(C)O[Si](C)(C)C(C)(C)C. The summed E-state index contributed by atoms with van der Waals surface area (Å²) in [6.07, 6.45) is 7.57. The van der Waals surface area contributed by atoms with Gasteiger partial charge in [0.2, 0.25) is 0 Å². The van der Waals surface area contributed by atoms with Crippen molar-refractivity contribution in [1.29, 1.82) is 0 Å². The fourth-order valence-electron chi connectivity index (χ4n) is 1.26. The Morgan fingerprint density at radius 3 is 2.39 bits per heavy atom. The first-order valence-electron chi connectivity index (χ1n) is 7.03. The molecule has 104 valence electrons. The molecule has 0 aliphatic rings. The van der Waals surface area contributed by atoms with Crippen LogP contribution in [-0.4, -0.2) is 14.4 Å². The van der Waals surface area contributed by atoms with Gasteiger partial charge in [0, 0.05) is 6.42 Å². The first-order chi connectivity index (χ1) is 8.20. The van der Waals surface area contributed by atoms with Gasteiger partial charge in [-0.25, -0.2) is 0 Å². The molecule has 0 aliphatic heterocycles. The minimum absolute atomic E-state index is 0.159. The van der Waals surface area contributed by atoms with Gasteiger partial charge in [0.15, 0.2) is 8.32 Å². The molecule has 0 heterocycles. The van der Waals surface area contributed by atoms with Crippen molar-refractivity contribution >= 4 is 8.32 Å². The molecule has 1 atom stereocenters. The molecule has 0 radical (unpaired) electrons. The van der Waals surface area contributed by atoms with Crippen LogP contribution in [0.25, 0.3) is 0 Å². The van der Waals surface area contributed by atoms with Gasteiger partial charge in [0.25, 0.3) is 0 Å². The van der Waals surface area contributed by atoms with Crippen LogP contribution in [0.3, 0.4) is 0 Å². The van der Waals surface area contributed by atoms with Gasteiger partial charge in [-0.2, -0.15) is 0 Å². The number of allylic oxidation sites excluding steroid dienone is 1. The highest BCUT2D eigenvalue weighted by atomic mass is 28.4. The van der Waals surface area contributed by atoms with Crippen molar-refractivity contribution in [3.8, 4) is 11.8 Å². The summed E-state index contributed by atoms with van der Waals surface area (Å²) >= 11 is 0. The minimum Gasteiger partial charge on any atom is -0.411 e. The smallest absolute Gasteiger partial charge is 0.192 e. The molecule has 0 N–H and O–H groups in total. The standard InChI is InChI=1S/C16H30OSi/c1-8-9-10-11-12-13-14-15(2)17-18(6,7)16(3,4)5/h13-15H,8-10H2,1-7H3/b14-13-. The molecule has 0 aliphatic carbocycles. The van der Waals surface area contributed by atoms with Gasteiger partial charge in [0.05, 0.1) is 6.10 Å². The van der Waals surface area contributed by atoms with Crippen molar-refractivity contribution in [2.24, 2.45) is 0 Å². The van der Waals surface area contributed by atoms with E-state index in [-0.39, 0.29) is 11.1 Å². The van der Waals surface area contributed by atoms with Crippen LogP contribution in [0.15, 0.2) is 12.2 Å². The molecule has 0 amide bonds. The van der Waals surface area contributed by atoms with Gasteiger partial charge >= 0.3 is 0 Å².